The molecule has 0 amide bonds. The maximum absolute atomic E-state index is 4.75. The van der Waals surface area contributed by atoms with Gasteiger partial charge in [0, 0.05) is 23.0 Å². The van der Waals surface area contributed by atoms with E-state index in [0.717, 1.165) is 19.3 Å². The van der Waals surface area contributed by atoms with Crippen LogP contribution in [-0.2, 0) is 10.8 Å². The Balaban J connectivity index is 2.24. The summed E-state index contributed by atoms with van der Waals surface area (Å²) in [6, 6.07) is 7.35. The number of aliphatic imine (C=N–C) groups is 1. The van der Waals surface area contributed by atoms with Crippen LogP contribution in [0.2, 0.25) is 0 Å². The highest BCUT2D eigenvalue weighted by Crippen LogP contribution is 2.50. The van der Waals surface area contributed by atoms with Crippen LogP contribution in [0.15, 0.2) is 58.2 Å². The lowest BCUT2D eigenvalue weighted by Gasteiger charge is -2.47. The van der Waals surface area contributed by atoms with Crippen LogP contribution in [0, 0.1) is 5.41 Å². The van der Waals surface area contributed by atoms with Gasteiger partial charge in [0.15, 0.2) is 0 Å². The molecule has 1 atom stereocenters. The molecule has 32 heavy (non-hydrogen) atoms. The number of fused-ring (bicyclic) bond motifs is 1. The van der Waals surface area contributed by atoms with E-state index in [9.17, 15) is 0 Å². The molecule has 174 valence electrons. The predicted molar refractivity (Wildman–Crippen MR) is 145 cm³/mol. The van der Waals surface area contributed by atoms with Gasteiger partial charge in [0.1, 0.15) is 0 Å². The third-order valence-electron chi connectivity index (χ3n) is 6.78. The van der Waals surface area contributed by atoms with Crippen LogP contribution in [0.5, 0.6) is 0 Å². The van der Waals surface area contributed by atoms with E-state index in [1.165, 1.54) is 33.8 Å². The smallest absolute Gasteiger partial charge is 0.0543 e. The second-order valence-electron chi connectivity index (χ2n) is 12.2. The highest BCUT2D eigenvalue weighted by atomic mass is 32.1. The minimum absolute atomic E-state index is 0.103. The Kier molecular flexibility index (Phi) is 6.92. The summed E-state index contributed by atoms with van der Waals surface area (Å²) in [5.41, 5.74) is 8.11. The Morgan fingerprint density at radius 2 is 1.84 bits per heavy atom. The maximum atomic E-state index is 4.75. The van der Waals surface area contributed by atoms with E-state index in [-0.39, 0.29) is 22.3 Å². The summed E-state index contributed by atoms with van der Waals surface area (Å²) in [6.07, 6.45) is 9.80. The molecule has 2 aliphatic rings. The Hall–Kier alpha value is -1.74. The highest BCUT2D eigenvalue weighted by molar-refractivity contribution is 7.83. The van der Waals surface area contributed by atoms with Crippen LogP contribution in [0.4, 0.5) is 5.69 Å². The Morgan fingerprint density at radius 1 is 1.16 bits per heavy atom. The zero-order valence-electron chi connectivity index (χ0n) is 21.6. The topological polar surface area (TPSA) is 15.6 Å². The summed E-state index contributed by atoms with van der Waals surface area (Å²) in [7, 11) is 0. The molecule has 0 N–H and O–H groups in total. The first-order chi connectivity index (χ1) is 14.8. The van der Waals surface area contributed by atoms with Crippen molar-refractivity contribution in [3.05, 3.63) is 64.4 Å². The third kappa shape index (κ3) is 5.09. The summed E-state index contributed by atoms with van der Waals surface area (Å²) in [5.74, 6) is 0. The lowest BCUT2D eigenvalue weighted by molar-refractivity contribution is 0.417. The van der Waals surface area contributed by atoms with Crippen LogP contribution >= 0.6 is 12.6 Å². The van der Waals surface area contributed by atoms with E-state index in [1.807, 2.05) is 11.6 Å². The quantitative estimate of drug-likeness (QED) is 0.447. The molecule has 2 aliphatic heterocycles. The molecule has 0 fully saturated rings. The zero-order valence-corrected chi connectivity index (χ0v) is 22.5. The molecule has 0 bridgehead atoms. The Labute approximate surface area is 202 Å². The summed E-state index contributed by atoms with van der Waals surface area (Å²) in [6.45, 7) is 20.7. The van der Waals surface area contributed by atoms with Gasteiger partial charge in [-0.25, -0.2) is 0 Å². The number of anilines is 1. The molecule has 1 aromatic rings. The first-order valence-corrected chi connectivity index (χ1v) is 12.5. The molecule has 3 heteroatoms. The molecule has 0 aliphatic carbocycles. The van der Waals surface area contributed by atoms with Gasteiger partial charge in [0.05, 0.1) is 11.7 Å². The van der Waals surface area contributed by atoms with E-state index in [4.69, 9.17) is 12.6 Å². The van der Waals surface area contributed by atoms with Crippen molar-refractivity contribution in [2.24, 2.45) is 10.4 Å². The van der Waals surface area contributed by atoms with Gasteiger partial charge >= 0.3 is 0 Å². The fourth-order valence-corrected chi connectivity index (χ4v) is 4.96. The summed E-state index contributed by atoms with van der Waals surface area (Å²) in [5, 5.41) is 2.02. The summed E-state index contributed by atoms with van der Waals surface area (Å²) in [4.78, 5) is 7.11. The van der Waals surface area contributed by atoms with Crippen molar-refractivity contribution in [2.75, 3.05) is 4.90 Å². The van der Waals surface area contributed by atoms with Gasteiger partial charge in [-0.1, -0.05) is 73.6 Å². The maximum Gasteiger partial charge on any atom is 0.0543 e. The number of rotatable bonds is 2. The van der Waals surface area contributed by atoms with Crippen LogP contribution in [-0.4, -0.2) is 11.8 Å². The van der Waals surface area contributed by atoms with Crippen molar-refractivity contribution in [1.29, 1.82) is 0 Å². The monoisotopic (exact) mass is 450 g/mol. The van der Waals surface area contributed by atoms with E-state index in [0.29, 0.717) is 0 Å². The van der Waals surface area contributed by atoms with Crippen molar-refractivity contribution in [3.63, 3.8) is 0 Å². The molecule has 1 unspecified atom stereocenters. The average Bonchev–Trinajstić information content (AvgIpc) is 2.89. The fraction of sp³-hybridized carbons (Fsp3) is 0.552. The highest BCUT2D eigenvalue weighted by Gasteiger charge is 2.41. The minimum Gasteiger partial charge on any atom is -0.333 e. The molecular formula is C29H42N2S. The molecule has 0 radical (unpaired) electrons. The number of hydrogen-bond acceptors (Lipinski definition) is 3. The van der Waals surface area contributed by atoms with Crippen LogP contribution in [0.25, 0.3) is 0 Å². The molecular weight excluding hydrogens is 408 g/mol. The van der Waals surface area contributed by atoms with Gasteiger partial charge < -0.3 is 4.90 Å². The van der Waals surface area contributed by atoms with E-state index in [1.54, 1.807) is 0 Å². The predicted octanol–water partition coefficient (Wildman–Crippen LogP) is 8.35. The third-order valence-corrected chi connectivity index (χ3v) is 7.03. The molecule has 1 aromatic carbocycles. The van der Waals surface area contributed by atoms with Gasteiger partial charge in [-0.05, 0) is 71.3 Å². The van der Waals surface area contributed by atoms with Crippen LogP contribution in [0.3, 0.4) is 0 Å². The summed E-state index contributed by atoms with van der Waals surface area (Å²) >= 11 is 4.75. The van der Waals surface area contributed by atoms with Crippen molar-refractivity contribution in [1.82, 2.24) is 0 Å². The largest absolute Gasteiger partial charge is 0.333 e. The SMILES string of the molecule is CC1=NC=CC(N2C(=C/S)/C(=C\CC(C)(C)C)C(C)(C)c3cc(C(C)(C)C)ccc32)CC1. The van der Waals surface area contributed by atoms with Gasteiger partial charge in [-0.2, -0.15) is 0 Å². The Morgan fingerprint density at radius 3 is 2.44 bits per heavy atom. The number of benzene rings is 1. The van der Waals surface area contributed by atoms with Crippen molar-refractivity contribution in [3.8, 4) is 0 Å². The number of nitrogens with zero attached hydrogens (tertiary/aromatic N) is 2. The van der Waals surface area contributed by atoms with Gasteiger partial charge in [0.25, 0.3) is 0 Å². The van der Waals surface area contributed by atoms with Crippen molar-refractivity contribution in [2.45, 2.75) is 98.4 Å². The number of allylic oxidation sites excluding steroid dienone is 2. The van der Waals surface area contributed by atoms with E-state index < -0.39 is 0 Å². The zero-order chi connectivity index (χ0) is 23.9. The lowest BCUT2D eigenvalue weighted by atomic mass is 9.69. The minimum atomic E-state index is -0.103. The molecule has 2 nitrogen and oxygen atoms in total. The molecule has 0 saturated heterocycles. The van der Waals surface area contributed by atoms with Crippen LogP contribution in [0.1, 0.15) is 92.7 Å². The van der Waals surface area contributed by atoms with Gasteiger partial charge in [-0.3, -0.25) is 4.99 Å². The lowest BCUT2D eigenvalue weighted by Crippen LogP contribution is -2.43. The number of thiol groups is 1. The van der Waals surface area contributed by atoms with Gasteiger partial charge in [-0.15, -0.1) is 12.6 Å². The van der Waals surface area contributed by atoms with Gasteiger partial charge in [0.2, 0.25) is 0 Å². The number of hydrogen-bond donors (Lipinski definition) is 1. The van der Waals surface area contributed by atoms with Crippen LogP contribution < -0.4 is 4.90 Å². The average molecular weight is 451 g/mol. The first kappa shape index (κ1) is 24.9. The molecule has 0 aromatic heterocycles. The summed E-state index contributed by atoms with van der Waals surface area (Å²) < 4.78 is 0. The second kappa shape index (κ2) is 8.89. The standard InChI is InChI=1S/C29H42N2S/c1-20-10-12-22(15-17-30-20)31-25-13-11-21(28(5,6)7)18-24(25)29(8,9)23(26(31)19-32)14-16-27(2,3)4/h11,13-15,17-19,22,32H,10,12,16H2,1-9H3/b23-14+,26-19+. The Bertz CT molecular complexity index is 977. The second-order valence-corrected chi connectivity index (χ2v) is 12.4. The van der Waals surface area contributed by atoms with E-state index in [2.05, 4.69) is 103 Å². The molecule has 0 spiro atoms. The van der Waals surface area contributed by atoms with Crippen molar-refractivity contribution >= 4 is 24.0 Å². The molecule has 3 rings (SSSR count). The van der Waals surface area contributed by atoms with E-state index >= 15 is 0 Å². The molecule has 0 saturated carbocycles. The van der Waals surface area contributed by atoms with Crippen molar-refractivity contribution < 1.29 is 0 Å². The first-order valence-electron chi connectivity index (χ1n) is 12.0. The molecule has 2 heterocycles. The normalized spacial score (nSPS) is 23.9. The fourth-order valence-electron chi connectivity index (χ4n) is 4.70.